The van der Waals surface area contributed by atoms with E-state index < -0.39 is 0 Å². The van der Waals surface area contributed by atoms with Gasteiger partial charge in [-0.15, -0.1) is 6.58 Å². The highest BCUT2D eigenvalue weighted by Gasteiger charge is 2.25. The maximum Gasteiger partial charge on any atom is 0.332 e. The normalized spacial score (nSPS) is 17.1. The summed E-state index contributed by atoms with van der Waals surface area (Å²) in [6, 6.07) is 0.0820. The van der Waals surface area contributed by atoms with Crippen LogP contribution >= 0.6 is 0 Å². The lowest BCUT2D eigenvalue weighted by Crippen LogP contribution is -2.44. The molecule has 0 aromatic carbocycles. The molecule has 0 amide bonds. The minimum absolute atomic E-state index is 0.0820. The molecule has 0 saturated carbocycles. The lowest BCUT2D eigenvalue weighted by molar-refractivity contribution is 0.495. The molecule has 2 aromatic rings. The van der Waals surface area contributed by atoms with Gasteiger partial charge in [0, 0.05) is 39.3 Å². The van der Waals surface area contributed by atoms with Crippen LogP contribution in [0.1, 0.15) is 33.1 Å². The molecule has 0 bridgehead atoms. The van der Waals surface area contributed by atoms with Crippen molar-refractivity contribution in [3.05, 3.63) is 45.1 Å². The molecule has 8 heteroatoms. The van der Waals surface area contributed by atoms with Gasteiger partial charge in [0.05, 0.1) is 0 Å². The average molecular weight is 387 g/mol. The van der Waals surface area contributed by atoms with Crippen LogP contribution in [0.5, 0.6) is 0 Å². The summed E-state index contributed by atoms with van der Waals surface area (Å²) in [5.74, 6) is 0.705. The summed E-state index contributed by atoms with van der Waals surface area (Å²) in [5, 5.41) is 0. The highest BCUT2D eigenvalue weighted by molar-refractivity contribution is 5.74. The second-order valence-corrected chi connectivity index (χ2v) is 7.70. The molecule has 1 unspecified atom stereocenters. The topological polar surface area (TPSA) is 91.1 Å². The zero-order valence-electron chi connectivity index (χ0n) is 17.0. The van der Waals surface area contributed by atoms with Gasteiger partial charge in [-0.2, -0.15) is 4.98 Å². The van der Waals surface area contributed by atoms with Gasteiger partial charge in [0.2, 0.25) is 5.95 Å². The Morgan fingerprint density at radius 1 is 1.32 bits per heavy atom. The van der Waals surface area contributed by atoms with Crippen molar-refractivity contribution in [3.8, 4) is 0 Å². The monoisotopic (exact) mass is 386 g/mol. The van der Waals surface area contributed by atoms with Gasteiger partial charge >= 0.3 is 5.69 Å². The zero-order chi connectivity index (χ0) is 20.4. The van der Waals surface area contributed by atoms with Gasteiger partial charge in [-0.25, -0.2) is 4.79 Å². The molecule has 8 nitrogen and oxygen atoms in total. The summed E-state index contributed by atoms with van der Waals surface area (Å²) in [4.78, 5) is 32.8. The first kappa shape index (κ1) is 20.1. The highest BCUT2D eigenvalue weighted by Crippen LogP contribution is 2.23. The van der Waals surface area contributed by atoms with E-state index in [2.05, 4.69) is 17.6 Å². The maximum atomic E-state index is 13.2. The van der Waals surface area contributed by atoms with Crippen LogP contribution in [0, 0.1) is 0 Å². The molecule has 3 rings (SSSR count). The Morgan fingerprint density at radius 2 is 2.07 bits per heavy atom. The predicted molar refractivity (Wildman–Crippen MR) is 113 cm³/mol. The predicted octanol–water partition coefficient (Wildman–Crippen LogP) is 1.37. The van der Waals surface area contributed by atoms with E-state index in [-0.39, 0.29) is 17.3 Å². The molecule has 0 spiro atoms. The van der Waals surface area contributed by atoms with E-state index in [1.807, 2.05) is 18.4 Å². The molecule has 2 aromatic heterocycles. The number of anilines is 1. The Hall–Kier alpha value is -2.61. The van der Waals surface area contributed by atoms with Gasteiger partial charge in [0.25, 0.3) is 5.56 Å². The Labute approximate surface area is 164 Å². The second kappa shape index (κ2) is 8.18. The number of imidazole rings is 1. The number of allylic oxidation sites excluding steroid dienone is 3. The molecule has 1 aliphatic rings. The Balaban J connectivity index is 2.27. The Bertz CT molecular complexity index is 1020. The van der Waals surface area contributed by atoms with Crippen LogP contribution in [0.2, 0.25) is 0 Å². The average Bonchev–Trinajstić information content (AvgIpc) is 3.04. The molecular formula is C20H30N6O2. The van der Waals surface area contributed by atoms with Crippen LogP contribution in [0.15, 0.2) is 33.9 Å². The summed E-state index contributed by atoms with van der Waals surface area (Å²) in [7, 11) is 1.67. The summed E-state index contributed by atoms with van der Waals surface area (Å²) in [6.45, 7) is 10.1. The standard InChI is InChI=1S/C20H30N6O2/c1-5-6-11-26-18(27)16-17(23(4)20(26)28)22-19(25(16)12-9-14(2)3)24-10-7-8-15(21)13-24/h5,9,15H,1,6-8,10-13,21H2,2-4H3. The lowest BCUT2D eigenvalue weighted by Gasteiger charge is -2.31. The van der Waals surface area contributed by atoms with Crippen LogP contribution in [-0.2, 0) is 20.1 Å². The van der Waals surface area contributed by atoms with E-state index in [1.54, 1.807) is 13.1 Å². The van der Waals surface area contributed by atoms with E-state index in [0.29, 0.717) is 43.2 Å². The van der Waals surface area contributed by atoms with Gasteiger partial charge in [0.15, 0.2) is 11.2 Å². The number of nitrogens with zero attached hydrogens (tertiary/aromatic N) is 5. The highest BCUT2D eigenvalue weighted by atomic mass is 16.2. The summed E-state index contributed by atoms with van der Waals surface area (Å²) in [6.07, 6.45) is 6.29. The largest absolute Gasteiger partial charge is 0.341 e. The molecule has 2 N–H and O–H groups in total. The van der Waals surface area contributed by atoms with E-state index in [0.717, 1.165) is 25.0 Å². The van der Waals surface area contributed by atoms with Gasteiger partial charge < -0.3 is 15.2 Å². The van der Waals surface area contributed by atoms with Crippen molar-refractivity contribution >= 4 is 17.1 Å². The quantitative estimate of drug-likeness (QED) is 0.757. The van der Waals surface area contributed by atoms with Crippen LogP contribution in [0.3, 0.4) is 0 Å². The molecule has 3 heterocycles. The first-order chi connectivity index (χ1) is 13.3. The molecule has 0 aliphatic carbocycles. The third-order valence-corrected chi connectivity index (χ3v) is 5.19. The van der Waals surface area contributed by atoms with Gasteiger partial charge in [-0.05, 0) is 33.1 Å². The first-order valence-corrected chi connectivity index (χ1v) is 9.80. The number of rotatable bonds is 6. The van der Waals surface area contributed by atoms with Crippen LogP contribution in [0.4, 0.5) is 5.95 Å². The third kappa shape index (κ3) is 3.69. The smallest absolute Gasteiger partial charge is 0.332 e. The second-order valence-electron chi connectivity index (χ2n) is 7.70. The Kier molecular flexibility index (Phi) is 5.88. The molecule has 1 fully saturated rings. The van der Waals surface area contributed by atoms with E-state index >= 15 is 0 Å². The van der Waals surface area contributed by atoms with Crippen LogP contribution in [-0.4, -0.2) is 37.8 Å². The van der Waals surface area contributed by atoms with Gasteiger partial charge in [-0.3, -0.25) is 13.9 Å². The maximum absolute atomic E-state index is 13.2. The molecule has 1 atom stereocenters. The van der Waals surface area contributed by atoms with E-state index in [9.17, 15) is 9.59 Å². The van der Waals surface area contributed by atoms with Crippen molar-refractivity contribution in [2.24, 2.45) is 12.8 Å². The van der Waals surface area contributed by atoms with Crippen molar-refractivity contribution in [2.45, 2.75) is 52.2 Å². The van der Waals surface area contributed by atoms with Crippen molar-refractivity contribution in [2.75, 3.05) is 18.0 Å². The number of hydrogen-bond acceptors (Lipinski definition) is 5. The fourth-order valence-electron chi connectivity index (χ4n) is 3.66. The molecule has 28 heavy (non-hydrogen) atoms. The van der Waals surface area contributed by atoms with Crippen LogP contribution in [0.25, 0.3) is 11.2 Å². The van der Waals surface area contributed by atoms with Crippen molar-refractivity contribution in [1.29, 1.82) is 0 Å². The number of nitrogens with two attached hydrogens (primary N) is 1. The molecule has 152 valence electrons. The molecular weight excluding hydrogens is 356 g/mol. The third-order valence-electron chi connectivity index (χ3n) is 5.19. The number of aromatic nitrogens is 4. The number of piperidine rings is 1. The van der Waals surface area contributed by atoms with Crippen LogP contribution < -0.4 is 21.9 Å². The van der Waals surface area contributed by atoms with Gasteiger partial charge in [-0.1, -0.05) is 17.7 Å². The van der Waals surface area contributed by atoms with Gasteiger partial charge in [0.1, 0.15) is 0 Å². The fraction of sp³-hybridized carbons (Fsp3) is 0.550. The van der Waals surface area contributed by atoms with E-state index in [1.165, 1.54) is 9.13 Å². The van der Waals surface area contributed by atoms with Crippen molar-refractivity contribution in [1.82, 2.24) is 18.7 Å². The number of hydrogen-bond donors (Lipinski definition) is 1. The summed E-state index contributed by atoms with van der Waals surface area (Å²) in [5.41, 5.74) is 7.54. The summed E-state index contributed by atoms with van der Waals surface area (Å²) >= 11 is 0. The minimum atomic E-state index is -0.354. The zero-order valence-corrected chi connectivity index (χ0v) is 17.0. The fourth-order valence-corrected chi connectivity index (χ4v) is 3.66. The van der Waals surface area contributed by atoms with Crippen molar-refractivity contribution in [3.63, 3.8) is 0 Å². The number of aryl methyl sites for hydroxylation is 1. The molecule has 0 radical (unpaired) electrons. The first-order valence-electron chi connectivity index (χ1n) is 9.80. The van der Waals surface area contributed by atoms with E-state index in [4.69, 9.17) is 10.7 Å². The number of fused-ring (bicyclic) bond motifs is 1. The molecule has 1 saturated heterocycles. The minimum Gasteiger partial charge on any atom is -0.341 e. The lowest BCUT2D eigenvalue weighted by atomic mass is 10.1. The van der Waals surface area contributed by atoms with Crippen molar-refractivity contribution < 1.29 is 0 Å². The molecule has 1 aliphatic heterocycles. The SMILES string of the molecule is C=CCCn1c(=O)c2c(nc(N3CCCC(N)C3)n2CC=C(C)C)n(C)c1=O. The summed E-state index contributed by atoms with van der Waals surface area (Å²) < 4.78 is 4.66. The Morgan fingerprint density at radius 3 is 2.71 bits per heavy atom.